The fourth-order valence-corrected chi connectivity index (χ4v) is 4.87. The summed E-state index contributed by atoms with van der Waals surface area (Å²) < 4.78 is 11.6. The quantitative estimate of drug-likeness (QED) is 0.426. The predicted octanol–water partition coefficient (Wildman–Crippen LogP) is 3.16. The van der Waals surface area contributed by atoms with Crippen molar-refractivity contribution < 1.29 is 19.1 Å². The van der Waals surface area contributed by atoms with E-state index in [0.717, 1.165) is 36.1 Å². The van der Waals surface area contributed by atoms with Crippen LogP contribution in [0.1, 0.15) is 40.1 Å². The SMILES string of the molecule is COc1cccc(C(=O)COC(=O)CCn2cnc3sc4c(c3c2=O)CCCC4)c1. The van der Waals surface area contributed by atoms with Gasteiger partial charge in [0.1, 0.15) is 10.6 Å². The zero-order chi connectivity index (χ0) is 21.1. The second-order valence-electron chi connectivity index (χ2n) is 7.20. The van der Waals surface area contributed by atoms with E-state index in [2.05, 4.69) is 4.98 Å². The standard InChI is InChI=1S/C22H22N2O5S/c1-28-15-6-4-5-14(11-15)17(25)12-29-19(26)9-10-24-13-23-21-20(22(24)27)16-7-2-3-8-18(16)30-21/h4-6,11,13H,2-3,7-10,12H2,1H3. The summed E-state index contributed by atoms with van der Waals surface area (Å²) >= 11 is 1.60. The third-order valence-corrected chi connectivity index (χ3v) is 6.45. The number of aromatic nitrogens is 2. The largest absolute Gasteiger partial charge is 0.497 e. The van der Waals surface area contributed by atoms with Crippen LogP contribution in [0.2, 0.25) is 0 Å². The van der Waals surface area contributed by atoms with Gasteiger partial charge in [0.15, 0.2) is 12.4 Å². The van der Waals surface area contributed by atoms with E-state index in [0.29, 0.717) is 16.7 Å². The molecule has 0 aliphatic heterocycles. The number of hydrogen-bond donors (Lipinski definition) is 0. The lowest BCUT2D eigenvalue weighted by Gasteiger charge is -2.10. The Balaban J connectivity index is 1.38. The average molecular weight is 426 g/mol. The first-order chi connectivity index (χ1) is 14.6. The molecule has 7 nitrogen and oxygen atoms in total. The van der Waals surface area contributed by atoms with Crippen LogP contribution in [0, 0.1) is 0 Å². The molecule has 8 heteroatoms. The molecule has 1 aliphatic rings. The fourth-order valence-electron chi connectivity index (χ4n) is 3.65. The predicted molar refractivity (Wildman–Crippen MR) is 113 cm³/mol. The smallest absolute Gasteiger partial charge is 0.308 e. The van der Waals surface area contributed by atoms with Crippen molar-refractivity contribution in [2.24, 2.45) is 0 Å². The Labute approximate surface area is 177 Å². The number of Topliss-reactive ketones (excluding diaryl/α,β-unsaturated/α-hetero) is 1. The average Bonchev–Trinajstić information content (AvgIpc) is 3.16. The molecule has 1 aliphatic carbocycles. The van der Waals surface area contributed by atoms with Gasteiger partial charge in [-0.15, -0.1) is 11.3 Å². The van der Waals surface area contributed by atoms with Crippen LogP contribution < -0.4 is 10.3 Å². The number of rotatable bonds is 7. The highest BCUT2D eigenvalue weighted by molar-refractivity contribution is 7.18. The van der Waals surface area contributed by atoms with Crippen molar-refractivity contribution in [1.82, 2.24) is 9.55 Å². The number of ketones is 1. The van der Waals surface area contributed by atoms with E-state index in [9.17, 15) is 14.4 Å². The number of nitrogens with zero attached hydrogens (tertiary/aromatic N) is 2. The molecule has 0 bridgehead atoms. The first kappa shape index (κ1) is 20.3. The fraction of sp³-hybridized carbons (Fsp3) is 0.364. The summed E-state index contributed by atoms with van der Waals surface area (Å²) in [5.41, 5.74) is 1.43. The van der Waals surface area contributed by atoms with E-state index in [1.165, 1.54) is 22.9 Å². The molecule has 0 radical (unpaired) electrons. The maximum absolute atomic E-state index is 12.9. The molecule has 0 spiro atoms. The number of carbonyl (C=O) groups is 2. The van der Waals surface area contributed by atoms with Gasteiger partial charge >= 0.3 is 5.97 Å². The Bertz CT molecular complexity index is 1160. The number of ether oxygens (including phenoxy) is 2. The first-order valence-corrected chi connectivity index (χ1v) is 10.7. The summed E-state index contributed by atoms with van der Waals surface area (Å²) in [7, 11) is 1.52. The minimum atomic E-state index is -0.536. The third kappa shape index (κ3) is 4.14. The summed E-state index contributed by atoms with van der Waals surface area (Å²) in [6, 6.07) is 6.67. The van der Waals surface area contributed by atoms with Crippen molar-refractivity contribution in [2.75, 3.05) is 13.7 Å². The number of esters is 1. The van der Waals surface area contributed by atoms with Gasteiger partial charge in [-0.3, -0.25) is 19.0 Å². The molecule has 0 atom stereocenters. The summed E-state index contributed by atoms with van der Waals surface area (Å²) in [6.07, 6.45) is 5.62. The molecule has 0 fully saturated rings. The van der Waals surface area contributed by atoms with Crippen LogP contribution in [0.5, 0.6) is 5.75 Å². The number of carbonyl (C=O) groups excluding carboxylic acids is 2. The molecule has 1 aromatic carbocycles. The Hall–Kier alpha value is -3.00. The highest BCUT2D eigenvalue weighted by Gasteiger charge is 2.20. The maximum Gasteiger partial charge on any atom is 0.308 e. The molecule has 2 heterocycles. The van der Waals surface area contributed by atoms with Crippen molar-refractivity contribution >= 4 is 33.3 Å². The normalized spacial score (nSPS) is 13.1. The molecule has 0 saturated carbocycles. The molecule has 0 N–H and O–H groups in total. The van der Waals surface area contributed by atoms with Gasteiger partial charge in [0.05, 0.1) is 25.2 Å². The van der Waals surface area contributed by atoms with Gasteiger partial charge in [-0.1, -0.05) is 12.1 Å². The lowest BCUT2D eigenvalue weighted by Crippen LogP contribution is -2.23. The second-order valence-corrected chi connectivity index (χ2v) is 8.28. The molecular formula is C22H22N2O5S. The molecule has 0 amide bonds. The maximum atomic E-state index is 12.9. The van der Waals surface area contributed by atoms with E-state index < -0.39 is 5.97 Å². The van der Waals surface area contributed by atoms with Gasteiger partial charge in [0, 0.05) is 17.0 Å². The molecule has 2 aromatic heterocycles. The Morgan fingerprint density at radius 1 is 1.23 bits per heavy atom. The lowest BCUT2D eigenvalue weighted by molar-refractivity contribution is -0.142. The molecule has 0 unspecified atom stereocenters. The molecule has 156 valence electrons. The molecule has 4 rings (SSSR count). The highest BCUT2D eigenvalue weighted by atomic mass is 32.1. The van der Waals surface area contributed by atoms with Crippen LogP contribution >= 0.6 is 11.3 Å². The van der Waals surface area contributed by atoms with Gasteiger partial charge in [0.2, 0.25) is 0 Å². The zero-order valence-corrected chi connectivity index (χ0v) is 17.5. The van der Waals surface area contributed by atoms with Gasteiger partial charge < -0.3 is 9.47 Å². The molecular weight excluding hydrogens is 404 g/mol. The van der Waals surface area contributed by atoms with E-state index >= 15 is 0 Å². The van der Waals surface area contributed by atoms with Gasteiger partial charge in [-0.2, -0.15) is 0 Å². The van der Waals surface area contributed by atoms with E-state index in [-0.39, 0.29) is 30.9 Å². The highest BCUT2D eigenvalue weighted by Crippen LogP contribution is 2.33. The van der Waals surface area contributed by atoms with E-state index in [4.69, 9.17) is 9.47 Å². The van der Waals surface area contributed by atoms with Crippen LogP contribution in [-0.4, -0.2) is 35.0 Å². The van der Waals surface area contributed by atoms with Crippen LogP contribution in [0.25, 0.3) is 10.2 Å². The first-order valence-electron chi connectivity index (χ1n) is 9.89. The topological polar surface area (TPSA) is 87.5 Å². The van der Waals surface area contributed by atoms with Crippen molar-refractivity contribution in [3.8, 4) is 5.75 Å². The van der Waals surface area contributed by atoms with Crippen molar-refractivity contribution in [2.45, 2.75) is 38.6 Å². The monoisotopic (exact) mass is 426 g/mol. The third-order valence-electron chi connectivity index (χ3n) is 5.25. The van der Waals surface area contributed by atoms with Crippen LogP contribution in [0.15, 0.2) is 35.4 Å². The Morgan fingerprint density at radius 2 is 2.07 bits per heavy atom. The lowest BCUT2D eigenvalue weighted by atomic mass is 9.97. The summed E-state index contributed by atoms with van der Waals surface area (Å²) in [5.74, 6) is -0.289. The summed E-state index contributed by atoms with van der Waals surface area (Å²) in [6.45, 7) is -0.186. The summed E-state index contributed by atoms with van der Waals surface area (Å²) in [5, 5.41) is 0.693. The second kappa shape index (κ2) is 8.79. The van der Waals surface area contributed by atoms with Crippen molar-refractivity contribution in [1.29, 1.82) is 0 Å². The molecule has 0 saturated heterocycles. The van der Waals surface area contributed by atoms with Crippen LogP contribution in [0.3, 0.4) is 0 Å². The van der Waals surface area contributed by atoms with Gasteiger partial charge in [-0.25, -0.2) is 4.98 Å². The van der Waals surface area contributed by atoms with Crippen molar-refractivity contribution in [3.63, 3.8) is 0 Å². The minimum Gasteiger partial charge on any atom is -0.497 e. The number of fused-ring (bicyclic) bond motifs is 3. The Kier molecular flexibility index (Phi) is 5.94. The number of methoxy groups -OCH3 is 1. The number of hydrogen-bond acceptors (Lipinski definition) is 7. The van der Waals surface area contributed by atoms with Crippen LogP contribution in [0.4, 0.5) is 0 Å². The minimum absolute atomic E-state index is 0.00912. The molecule has 3 aromatic rings. The van der Waals surface area contributed by atoms with E-state index in [1.807, 2.05) is 0 Å². The van der Waals surface area contributed by atoms with Crippen LogP contribution in [-0.2, 0) is 28.9 Å². The zero-order valence-electron chi connectivity index (χ0n) is 16.7. The van der Waals surface area contributed by atoms with Gasteiger partial charge in [0.25, 0.3) is 5.56 Å². The number of benzene rings is 1. The van der Waals surface area contributed by atoms with E-state index in [1.54, 1.807) is 35.6 Å². The Morgan fingerprint density at radius 3 is 2.90 bits per heavy atom. The molecule has 30 heavy (non-hydrogen) atoms. The number of thiophene rings is 1. The summed E-state index contributed by atoms with van der Waals surface area (Å²) in [4.78, 5) is 43.6. The van der Waals surface area contributed by atoms with Crippen molar-refractivity contribution in [3.05, 3.63) is 57.0 Å². The van der Waals surface area contributed by atoms with Gasteiger partial charge in [-0.05, 0) is 43.4 Å². The number of aryl methyl sites for hydroxylation is 3.